The van der Waals surface area contributed by atoms with Gasteiger partial charge in [-0.1, -0.05) is 27.5 Å². The van der Waals surface area contributed by atoms with E-state index in [-0.39, 0.29) is 6.10 Å². The predicted molar refractivity (Wildman–Crippen MR) is 59.7 cm³/mol. The molecule has 1 rings (SSSR count). The van der Waals surface area contributed by atoms with Gasteiger partial charge in [0.05, 0.1) is 11.1 Å². The van der Waals surface area contributed by atoms with Crippen LogP contribution in [0.15, 0.2) is 16.6 Å². The number of rotatable bonds is 2. The minimum Gasteiger partial charge on any atom is -0.489 e. The Bertz CT molecular complexity index is 310. The molecule has 1 aromatic rings. The van der Waals surface area contributed by atoms with Crippen LogP contribution < -0.4 is 4.74 Å². The highest BCUT2D eigenvalue weighted by molar-refractivity contribution is 9.10. The van der Waals surface area contributed by atoms with Gasteiger partial charge in [-0.3, -0.25) is 0 Å². The van der Waals surface area contributed by atoms with E-state index in [9.17, 15) is 0 Å². The average Bonchev–Trinajstić information content (AvgIpc) is 2.05. The minimum atomic E-state index is 0.144. The first-order chi connectivity index (χ1) is 6.02. The van der Waals surface area contributed by atoms with Crippen LogP contribution in [0.4, 0.5) is 0 Å². The van der Waals surface area contributed by atoms with E-state index in [1.54, 1.807) is 0 Å². The normalized spacial score (nSPS) is 10.6. The van der Waals surface area contributed by atoms with Crippen LogP contribution in [0.5, 0.6) is 5.75 Å². The van der Waals surface area contributed by atoms with Crippen LogP contribution in [0.25, 0.3) is 0 Å². The molecule has 0 aromatic heterocycles. The van der Waals surface area contributed by atoms with Gasteiger partial charge in [0.15, 0.2) is 0 Å². The standard InChI is InChI=1S/C10H12BrClO/c1-6(2)13-10-7(3)8(11)4-5-9(10)12/h4-6H,1-3H3. The lowest BCUT2D eigenvalue weighted by Crippen LogP contribution is -2.07. The van der Waals surface area contributed by atoms with E-state index >= 15 is 0 Å². The minimum absolute atomic E-state index is 0.144. The third-order valence-electron chi connectivity index (χ3n) is 1.65. The monoisotopic (exact) mass is 262 g/mol. The summed E-state index contributed by atoms with van der Waals surface area (Å²) in [6.07, 6.45) is 0.144. The number of benzene rings is 1. The summed E-state index contributed by atoms with van der Waals surface area (Å²) in [7, 11) is 0. The molecule has 0 atom stereocenters. The van der Waals surface area contributed by atoms with Crippen LogP contribution in [0.2, 0.25) is 5.02 Å². The van der Waals surface area contributed by atoms with Crippen molar-refractivity contribution in [3.8, 4) is 5.75 Å². The fourth-order valence-electron chi connectivity index (χ4n) is 1.01. The van der Waals surface area contributed by atoms with E-state index in [1.807, 2.05) is 32.9 Å². The predicted octanol–water partition coefficient (Wildman–Crippen LogP) is 4.20. The molecule has 0 unspecified atom stereocenters. The van der Waals surface area contributed by atoms with Gasteiger partial charge in [0, 0.05) is 10.0 Å². The molecular weight excluding hydrogens is 251 g/mol. The van der Waals surface area contributed by atoms with Crippen molar-refractivity contribution in [1.82, 2.24) is 0 Å². The van der Waals surface area contributed by atoms with Gasteiger partial charge < -0.3 is 4.74 Å². The number of hydrogen-bond donors (Lipinski definition) is 0. The van der Waals surface area contributed by atoms with E-state index < -0.39 is 0 Å². The van der Waals surface area contributed by atoms with Crippen molar-refractivity contribution in [3.05, 3.63) is 27.2 Å². The van der Waals surface area contributed by atoms with Crippen molar-refractivity contribution in [3.63, 3.8) is 0 Å². The maximum absolute atomic E-state index is 6.00. The lowest BCUT2D eigenvalue weighted by atomic mass is 10.2. The summed E-state index contributed by atoms with van der Waals surface area (Å²) in [5.41, 5.74) is 1.04. The second-order valence-electron chi connectivity index (χ2n) is 3.15. The zero-order chi connectivity index (χ0) is 10.0. The first kappa shape index (κ1) is 10.9. The Labute approximate surface area is 92.2 Å². The second-order valence-corrected chi connectivity index (χ2v) is 4.41. The van der Waals surface area contributed by atoms with Gasteiger partial charge in [-0.2, -0.15) is 0 Å². The first-order valence-corrected chi connectivity index (χ1v) is 5.30. The maximum Gasteiger partial charge on any atom is 0.142 e. The van der Waals surface area contributed by atoms with E-state index in [0.29, 0.717) is 5.02 Å². The molecule has 0 saturated carbocycles. The van der Waals surface area contributed by atoms with Crippen LogP contribution in [0.1, 0.15) is 19.4 Å². The molecule has 0 bridgehead atoms. The number of ether oxygens (including phenoxy) is 1. The Morgan fingerprint density at radius 3 is 2.54 bits per heavy atom. The fraction of sp³-hybridized carbons (Fsp3) is 0.400. The molecule has 0 aliphatic carbocycles. The third-order valence-corrected chi connectivity index (χ3v) is 2.80. The van der Waals surface area contributed by atoms with Crippen molar-refractivity contribution < 1.29 is 4.74 Å². The molecule has 0 heterocycles. The number of halogens is 2. The molecule has 13 heavy (non-hydrogen) atoms. The molecule has 1 aromatic carbocycles. The van der Waals surface area contributed by atoms with Gasteiger partial charge in [-0.05, 0) is 32.9 Å². The van der Waals surface area contributed by atoms with E-state index in [0.717, 1.165) is 15.8 Å². The van der Waals surface area contributed by atoms with Crippen molar-refractivity contribution in [2.45, 2.75) is 26.9 Å². The largest absolute Gasteiger partial charge is 0.489 e. The molecule has 0 spiro atoms. The molecule has 0 aliphatic rings. The lowest BCUT2D eigenvalue weighted by molar-refractivity contribution is 0.241. The Morgan fingerprint density at radius 2 is 2.00 bits per heavy atom. The van der Waals surface area contributed by atoms with E-state index in [4.69, 9.17) is 16.3 Å². The molecule has 3 heteroatoms. The maximum atomic E-state index is 6.00. The van der Waals surface area contributed by atoms with Gasteiger partial charge >= 0.3 is 0 Å². The van der Waals surface area contributed by atoms with Crippen LogP contribution >= 0.6 is 27.5 Å². The summed E-state index contributed by atoms with van der Waals surface area (Å²) in [5.74, 6) is 0.769. The van der Waals surface area contributed by atoms with Gasteiger partial charge in [0.1, 0.15) is 5.75 Å². The van der Waals surface area contributed by atoms with Gasteiger partial charge in [0.25, 0.3) is 0 Å². The lowest BCUT2D eigenvalue weighted by Gasteiger charge is -2.14. The van der Waals surface area contributed by atoms with Crippen LogP contribution in [0, 0.1) is 6.92 Å². The molecule has 0 fully saturated rings. The van der Waals surface area contributed by atoms with Crippen molar-refractivity contribution in [2.75, 3.05) is 0 Å². The summed E-state index contributed by atoms with van der Waals surface area (Å²) in [5, 5.41) is 0.661. The quantitative estimate of drug-likeness (QED) is 0.777. The van der Waals surface area contributed by atoms with Crippen molar-refractivity contribution in [1.29, 1.82) is 0 Å². The molecular formula is C10H12BrClO. The third kappa shape index (κ3) is 2.61. The molecule has 0 amide bonds. The smallest absolute Gasteiger partial charge is 0.142 e. The second kappa shape index (κ2) is 4.34. The first-order valence-electron chi connectivity index (χ1n) is 4.13. The molecule has 0 aliphatic heterocycles. The highest BCUT2D eigenvalue weighted by Crippen LogP contribution is 2.33. The Morgan fingerprint density at radius 1 is 1.38 bits per heavy atom. The fourth-order valence-corrected chi connectivity index (χ4v) is 1.58. The van der Waals surface area contributed by atoms with Gasteiger partial charge in [0.2, 0.25) is 0 Å². The Hall–Kier alpha value is -0.210. The topological polar surface area (TPSA) is 9.23 Å². The van der Waals surface area contributed by atoms with Crippen molar-refractivity contribution >= 4 is 27.5 Å². The van der Waals surface area contributed by atoms with Gasteiger partial charge in [-0.15, -0.1) is 0 Å². The van der Waals surface area contributed by atoms with Gasteiger partial charge in [-0.25, -0.2) is 0 Å². The molecule has 0 radical (unpaired) electrons. The zero-order valence-corrected chi connectivity index (χ0v) is 10.2. The molecule has 1 nitrogen and oxygen atoms in total. The Balaban J connectivity index is 3.10. The summed E-state index contributed by atoms with van der Waals surface area (Å²) >= 11 is 9.43. The van der Waals surface area contributed by atoms with E-state index in [1.165, 1.54) is 0 Å². The number of hydrogen-bond acceptors (Lipinski definition) is 1. The SMILES string of the molecule is Cc1c(Br)ccc(Cl)c1OC(C)C. The van der Waals surface area contributed by atoms with E-state index in [2.05, 4.69) is 15.9 Å². The van der Waals surface area contributed by atoms with Crippen molar-refractivity contribution in [2.24, 2.45) is 0 Å². The van der Waals surface area contributed by atoms with Crippen LogP contribution in [0.3, 0.4) is 0 Å². The Kier molecular flexibility index (Phi) is 3.63. The molecule has 0 N–H and O–H groups in total. The highest BCUT2D eigenvalue weighted by Gasteiger charge is 2.09. The van der Waals surface area contributed by atoms with Crippen LogP contribution in [-0.4, -0.2) is 6.10 Å². The average molecular weight is 264 g/mol. The molecule has 0 saturated heterocycles. The summed E-state index contributed by atoms with van der Waals surface area (Å²) < 4.78 is 6.62. The summed E-state index contributed by atoms with van der Waals surface area (Å²) in [4.78, 5) is 0. The summed E-state index contributed by atoms with van der Waals surface area (Å²) in [6, 6.07) is 3.75. The zero-order valence-electron chi connectivity index (χ0n) is 7.90. The molecule has 72 valence electrons. The van der Waals surface area contributed by atoms with Crippen LogP contribution in [-0.2, 0) is 0 Å². The highest BCUT2D eigenvalue weighted by atomic mass is 79.9. The summed E-state index contributed by atoms with van der Waals surface area (Å²) in [6.45, 7) is 5.95.